The number of benzene rings is 1. The molecule has 0 amide bonds. The minimum absolute atomic E-state index is 0.152. The quantitative estimate of drug-likeness (QED) is 0.677. The highest BCUT2D eigenvalue weighted by molar-refractivity contribution is 5.37. The Balaban J connectivity index is 1.73. The van der Waals surface area contributed by atoms with Crippen molar-refractivity contribution in [3.8, 4) is 0 Å². The van der Waals surface area contributed by atoms with Crippen molar-refractivity contribution in [1.82, 2.24) is 24.7 Å². The van der Waals surface area contributed by atoms with Crippen LogP contribution in [0.15, 0.2) is 35.4 Å². The van der Waals surface area contributed by atoms with E-state index in [4.69, 9.17) is 0 Å². The number of alkyl halides is 3. The van der Waals surface area contributed by atoms with Crippen molar-refractivity contribution in [2.75, 3.05) is 0 Å². The number of nitrogens with zero attached hydrogens (tertiary/aromatic N) is 4. The Morgan fingerprint density at radius 3 is 2.72 bits per heavy atom. The lowest BCUT2D eigenvalue weighted by Crippen LogP contribution is -2.34. The van der Waals surface area contributed by atoms with E-state index in [1.165, 1.54) is 18.5 Å². The van der Waals surface area contributed by atoms with Gasteiger partial charge < -0.3 is 9.55 Å². The van der Waals surface area contributed by atoms with Gasteiger partial charge in [0, 0.05) is 18.2 Å². The van der Waals surface area contributed by atoms with Gasteiger partial charge in [0.1, 0.15) is 17.5 Å². The van der Waals surface area contributed by atoms with Gasteiger partial charge in [-0.3, -0.25) is 4.79 Å². The maximum absolute atomic E-state index is 14.7. The van der Waals surface area contributed by atoms with Crippen molar-refractivity contribution in [2.24, 2.45) is 0 Å². The fourth-order valence-corrected chi connectivity index (χ4v) is 3.87. The number of nitrogens with one attached hydrogen (secondary N) is 1. The molecule has 3 aromatic rings. The molecule has 4 rings (SSSR count). The molecule has 1 atom stereocenters. The number of hydrogen-bond donors (Lipinski definition) is 1. The number of halogens is 4. The molecular formula is C19H17F4N5O. The Kier molecular flexibility index (Phi) is 4.51. The van der Waals surface area contributed by atoms with Gasteiger partial charge in [-0.1, -0.05) is 6.07 Å². The molecular weight excluding hydrogens is 390 g/mol. The maximum Gasteiger partial charge on any atom is 0.416 e. The third kappa shape index (κ3) is 3.43. The Hall–Kier alpha value is -3.04. The SMILES string of the molecule is C[C@@]1(c2ccc(C(F)(F)F)cc2F)CCCn2c(Cc3cc(=O)[nH]cn3)nnc21. The summed E-state index contributed by atoms with van der Waals surface area (Å²) in [5.74, 6) is 0.134. The number of rotatable bonds is 3. The highest BCUT2D eigenvalue weighted by Crippen LogP contribution is 2.41. The van der Waals surface area contributed by atoms with Crippen LogP contribution in [0.25, 0.3) is 0 Å². The van der Waals surface area contributed by atoms with Gasteiger partial charge >= 0.3 is 6.18 Å². The third-order valence-electron chi connectivity index (χ3n) is 5.34. The van der Waals surface area contributed by atoms with E-state index in [2.05, 4.69) is 20.2 Å². The van der Waals surface area contributed by atoms with Crippen LogP contribution in [0.1, 0.15) is 48.2 Å². The van der Waals surface area contributed by atoms with Crippen LogP contribution in [0.5, 0.6) is 0 Å². The highest BCUT2D eigenvalue weighted by Gasteiger charge is 2.41. The van der Waals surface area contributed by atoms with E-state index in [-0.39, 0.29) is 17.5 Å². The van der Waals surface area contributed by atoms with Crippen LogP contribution >= 0.6 is 0 Å². The standard InChI is InChI=1S/C19H17F4N5O/c1-18(13-4-3-11(7-14(13)20)19(21,22)23)5-2-6-28-15(26-27-17(18)28)8-12-9-16(29)25-10-24-12/h3-4,7,9-10H,2,5-6,8H2,1H3,(H,24,25,29)/t18-/m0/s1. The number of aromatic amines is 1. The molecule has 1 N–H and O–H groups in total. The first-order chi connectivity index (χ1) is 13.7. The van der Waals surface area contributed by atoms with Crippen LogP contribution < -0.4 is 5.56 Å². The Labute approximate surface area is 162 Å². The largest absolute Gasteiger partial charge is 0.416 e. The van der Waals surface area contributed by atoms with Crippen molar-refractivity contribution in [3.63, 3.8) is 0 Å². The molecule has 10 heteroatoms. The number of fused-ring (bicyclic) bond motifs is 1. The van der Waals surface area contributed by atoms with E-state index < -0.39 is 23.0 Å². The van der Waals surface area contributed by atoms with Gasteiger partial charge in [0.15, 0.2) is 0 Å². The Bertz CT molecular complexity index is 1120. The second-order valence-corrected chi connectivity index (χ2v) is 7.30. The molecule has 0 aliphatic carbocycles. The smallest absolute Gasteiger partial charge is 0.314 e. The second kappa shape index (κ2) is 6.78. The van der Waals surface area contributed by atoms with Gasteiger partial charge in [-0.15, -0.1) is 10.2 Å². The van der Waals surface area contributed by atoms with Gasteiger partial charge in [-0.05, 0) is 31.9 Å². The summed E-state index contributed by atoms with van der Waals surface area (Å²) >= 11 is 0. The molecule has 0 fully saturated rings. The van der Waals surface area contributed by atoms with E-state index in [9.17, 15) is 22.4 Å². The van der Waals surface area contributed by atoms with Crippen molar-refractivity contribution in [1.29, 1.82) is 0 Å². The van der Waals surface area contributed by atoms with E-state index in [1.807, 2.05) is 4.57 Å². The number of aromatic nitrogens is 5. The third-order valence-corrected chi connectivity index (χ3v) is 5.34. The molecule has 1 aromatic carbocycles. The predicted molar refractivity (Wildman–Crippen MR) is 94.8 cm³/mol. The van der Waals surface area contributed by atoms with Crippen molar-refractivity contribution >= 4 is 0 Å². The average Bonchev–Trinajstić information content (AvgIpc) is 3.05. The first-order valence-corrected chi connectivity index (χ1v) is 9.02. The van der Waals surface area contributed by atoms with Gasteiger partial charge in [-0.2, -0.15) is 13.2 Å². The van der Waals surface area contributed by atoms with Crippen molar-refractivity contribution in [3.05, 3.63) is 75.2 Å². The molecule has 1 aliphatic rings. The van der Waals surface area contributed by atoms with E-state index >= 15 is 0 Å². The van der Waals surface area contributed by atoms with Gasteiger partial charge in [0.2, 0.25) is 0 Å². The summed E-state index contributed by atoms with van der Waals surface area (Å²) in [6.07, 6.45) is -1.84. The Morgan fingerprint density at radius 2 is 2.03 bits per heavy atom. The molecule has 1 aliphatic heterocycles. The summed E-state index contributed by atoms with van der Waals surface area (Å²) in [4.78, 5) is 18.0. The van der Waals surface area contributed by atoms with Gasteiger partial charge in [0.05, 0.1) is 29.4 Å². The van der Waals surface area contributed by atoms with Gasteiger partial charge in [0.25, 0.3) is 5.56 Å². The molecule has 0 unspecified atom stereocenters. The summed E-state index contributed by atoms with van der Waals surface area (Å²) in [5, 5.41) is 8.42. The lowest BCUT2D eigenvalue weighted by Gasteiger charge is -2.34. The van der Waals surface area contributed by atoms with Crippen LogP contribution in [-0.2, 0) is 24.6 Å². The maximum atomic E-state index is 14.7. The number of H-pyrrole nitrogens is 1. The zero-order valence-electron chi connectivity index (χ0n) is 15.4. The first kappa shape index (κ1) is 19.3. The summed E-state index contributed by atoms with van der Waals surface area (Å²) in [7, 11) is 0. The topological polar surface area (TPSA) is 76.5 Å². The van der Waals surface area contributed by atoms with Crippen LogP contribution in [-0.4, -0.2) is 24.7 Å². The summed E-state index contributed by atoms with van der Waals surface area (Å²) in [5.41, 5.74) is -1.57. The molecule has 6 nitrogen and oxygen atoms in total. The lowest BCUT2D eigenvalue weighted by atomic mass is 9.75. The molecule has 0 saturated carbocycles. The van der Waals surface area contributed by atoms with Crippen LogP contribution in [0.4, 0.5) is 17.6 Å². The lowest BCUT2D eigenvalue weighted by molar-refractivity contribution is -0.137. The van der Waals surface area contributed by atoms with Crippen LogP contribution in [0.3, 0.4) is 0 Å². The normalized spacial score (nSPS) is 19.2. The summed E-state index contributed by atoms with van der Waals surface area (Å²) in [6.45, 7) is 2.35. The van der Waals surface area contributed by atoms with Crippen molar-refractivity contribution < 1.29 is 17.6 Å². The second-order valence-electron chi connectivity index (χ2n) is 7.30. The molecule has 152 valence electrons. The minimum Gasteiger partial charge on any atom is -0.314 e. The van der Waals surface area contributed by atoms with Crippen molar-refractivity contribution in [2.45, 2.75) is 44.3 Å². The fraction of sp³-hybridized carbons (Fsp3) is 0.368. The van der Waals surface area contributed by atoms with E-state index in [1.54, 1.807) is 6.92 Å². The summed E-state index contributed by atoms with van der Waals surface area (Å²) in [6, 6.07) is 3.96. The number of hydrogen-bond acceptors (Lipinski definition) is 4. The minimum atomic E-state index is -4.61. The zero-order chi connectivity index (χ0) is 20.8. The molecule has 0 bridgehead atoms. The average molecular weight is 407 g/mol. The molecule has 0 spiro atoms. The van der Waals surface area contributed by atoms with E-state index in [0.29, 0.717) is 42.8 Å². The highest BCUT2D eigenvalue weighted by atomic mass is 19.4. The van der Waals surface area contributed by atoms with Crippen LogP contribution in [0.2, 0.25) is 0 Å². The molecule has 3 heterocycles. The zero-order valence-corrected chi connectivity index (χ0v) is 15.4. The Morgan fingerprint density at radius 1 is 1.24 bits per heavy atom. The molecule has 29 heavy (non-hydrogen) atoms. The summed E-state index contributed by atoms with van der Waals surface area (Å²) < 4.78 is 55.2. The van der Waals surface area contributed by atoms with Crippen LogP contribution in [0, 0.1) is 5.82 Å². The van der Waals surface area contributed by atoms with Gasteiger partial charge in [-0.25, -0.2) is 9.37 Å². The molecule has 0 saturated heterocycles. The fourth-order valence-electron chi connectivity index (χ4n) is 3.87. The molecule has 0 radical (unpaired) electrons. The predicted octanol–water partition coefficient (Wildman–Crippen LogP) is 3.21. The monoisotopic (exact) mass is 407 g/mol. The first-order valence-electron chi connectivity index (χ1n) is 9.02. The molecule has 2 aromatic heterocycles. The van der Waals surface area contributed by atoms with E-state index in [0.717, 1.165) is 6.07 Å².